The quantitative estimate of drug-likeness (QED) is 0.589. The van der Waals surface area contributed by atoms with E-state index in [1.807, 2.05) is 6.92 Å². The number of benzene rings is 1. The number of phenolic OH excluding ortho intramolecular Hbond substituents is 1. The summed E-state index contributed by atoms with van der Waals surface area (Å²) in [6.07, 6.45) is 4.20. The van der Waals surface area contributed by atoms with Crippen LogP contribution in [0.2, 0.25) is 0 Å². The van der Waals surface area contributed by atoms with Crippen molar-refractivity contribution in [3.05, 3.63) is 47.7 Å². The van der Waals surface area contributed by atoms with Crippen LogP contribution in [0.15, 0.2) is 42.2 Å². The lowest BCUT2D eigenvalue weighted by Gasteiger charge is -2.36. The zero-order valence-electron chi connectivity index (χ0n) is 14.0. The minimum Gasteiger partial charge on any atom is -0.507 e. The summed E-state index contributed by atoms with van der Waals surface area (Å²) in [7, 11) is 1.49. The van der Waals surface area contributed by atoms with Crippen LogP contribution in [0.5, 0.6) is 11.5 Å². The summed E-state index contributed by atoms with van der Waals surface area (Å²) in [5.41, 5.74) is 0.0408. The van der Waals surface area contributed by atoms with Gasteiger partial charge < -0.3 is 24.4 Å². The highest BCUT2D eigenvalue weighted by atomic mass is 16.7. The van der Waals surface area contributed by atoms with Crippen molar-refractivity contribution in [1.82, 2.24) is 0 Å². The van der Waals surface area contributed by atoms with Gasteiger partial charge in [0.25, 0.3) is 5.79 Å². The summed E-state index contributed by atoms with van der Waals surface area (Å²) < 4.78 is 16.7. The number of phenols is 1. The van der Waals surface area contributed by atoms with Gasteiger partial charge in [0.1, 0.15) is 28.9 Å². The van der Waals surface area contributed by atoms with Gasteiger partial charge in [-0.1, -0.05) is 13.0 Å². The number of ether oxygens (including phenoxy) is 3. The molecule has 0 radical (unpaired) electrons. The molecule has 0 aromatic heterocycles. The van der Waals surface area contributed by atoms with Gasteiger partial charge in [-0.3, -0.25) is 4.79 Å². The van der Waals surface area contributed by atoms with E-state index in [9.17, 15) is 15.0 Å². The van der Waals surface area contributed by atoms with Gasteiger partial charge >= 0.3 is 0 Å². The van der Waals surface area contributed by atoms with E-state index in [1.165, 1.54) is 26.2 Å². The van der Waals surface area contributed by atoms with E-state index in [0.717, 1.165) is 0 Å². The predicted molar refractivity (Wildman–Crippen MR) is 88.0 cm³/mol. The molecule has 6 heteroatoms. The van der Waals surface area contributed by atoms with Crippen LogP contribution in [0.3, 0.4) is 0 Å². The first kappa shape index (κ1) is 18.0. The summed E-state index contributed by atoms with van der Waals surface area (Å²) in [5, 5.41) is 20.4. The largest absolute Gasteiger partial charge is 0.507 e. The van der Waals surface area contributed by atoms with Gasteiger partial charge in [0.15, 0.2) is 5.78 Å². The Bertz CT molecular complexity index is 663. The molecule has 0 saturated carbocycles. The van der Waals surface area contributed by atoms with Crippen molar-refractivity contribution < 1.29 is 29.2 Å². The third kappa shape index (κ3) is 3.60. The van der Waals surface area contributed by atoms with E-state index < -0.39 is 11.9 Å². The van der Waals surface area contributed by atoms with Crippen LogP contribution in [-0.4, -0.2) is 41.6 Å². The number of hydrogen-bond acceptors (Lipinski definition) is 6. The molecule has 0 spiro atoms. The second kappa shape index (κ2) is 7.51. The van der Waals surface area contributed by atoms with Crippen molar-refractivity contribution in [2.75, 3.05) is 13.7 Å². The molecule has 2 unspecified atom stereocenters. The smallest absolute Gasteiger partial charge is 0.260 e. The minimum absolute atomic E-state index is 0.0408. The van der Waals surface area contributed by atoms with Gasteiger partial charge in [-0.25, -0.2) is 0 Å². The molecule has 0 aliphatic heterocycles. The van der Waals surface area contributed by atoms with Crippen LogP contribution in [-0.2, 0) is 9.47 Å². The third-order valence-electron chi connectivity index (χ3n) is 3.61. The fourth-order valence-corrected chi connectivity index (χ4v) is 2.41. The molecule has 2 rings (SSSR count). The van der Waals surface area contributed by atoms with Gasteiger partial charge in [-0.05, 0) is 43.7 Å². The molecule has 0 amide bonds. The lowest BCUT2D eigenvalue weighted by atomic mass is 10.0. The molecule has 0 fully saturated rings. The monoisotopic (exact) mass is 334 g/mol. The number of hydrogen-bond donors (Lipinski definition) is 2. The highest BCUT2D eigenvalue weighted by Crippen LogP contribution is 2.35. The number of carbonyl (C=O) groups excluding carboxylic acids is 1. The zero-order valence-corrected chi connectivity index (χ0v) is 14.0. The maximum absolute atomic E-state index is 11.8. The molecule has 6 nitrogen and oxygen atoms in total. The Balaban J connectivity index is 2.42. The van der Waals surface area contributed by atoms with Crippen LogP contribution in [0.25, 0.3) is 0 Å². The van der Waals surface area contributed by atoms with Crippen LogP contribution in [0.1, 0.15) is 30.6 Å². The lowest BCUT2D eigenvalue weighted by Crippen LogP contribution is -2.49. The first-order valence-corrected chi connectivity index (χ1v) is 7.72. The Kier molecular flexibility index (Phi) is 5.64. The van der Waals surface area contributed by atoms with E-state index >= 15 is 0 Å². The second-order valence-electron chi connectivity index (χ2n) is 5.43. The summed E-state index contributed by atoms with van der Waals surface area (Å²) in [6, 6.07) is 4.50. The molecule has 1 aromatic rings. The minimum atomic E-state index is -1.50. The van der Waals surface area contributed by atoms with Crippen molar-refractivity contribution in [1.29, 1.82) is 0 Å². The normalized spacial score (nSPS) is 22.8. The van der Waals surface area contributed by atoms with Gasteiger partial charge in [-0.2, -0.15) is 0 Å². The highest BCUT2D eigenvalue weighted by Gasteiger charge is 2.41. The molecule has 130 valence electrons. The number of ketones is 1. The van der Waals surface area contributed by atoms with Crippen LogP contribution < -0.4 is 4.74 Å². The van der Waals surface area contributed by atoms with Crippen molar-refractivity contribution in [3.8, 4) is 11.5 Å². The average molecular weight is 334 g/mol. The van der Waals surface area contributed by atoms with Crippen molar-refractivity contribution >= 4 is 5.78 Å². The van der Waals surface area contributed by atoms with Gasteiger partial charge in [-0.15, -0.1) is 0 Å². The maximum Gasteiger partial charge on any atom is 0.260 e. The van der Waals surface area contributed by atoms with Crippen LogP contribution in [0, 0.1) is 0 Å². The Hall–Kier alpha value is -2.31. The van der Waals surface area contributed by atoms with Gasteiger partial charge in [0.2, 0.25) is 0 Å². The second-order valence-corrected chi connectivity index (χ2v) is 5.43. The molecule has 0 saturated heterocycles. The fourth-order valence-electron chi connectivity index (χ4n) is 2.41. The predicted octanol–water partition coefficient (Wildman–Crippen LogP) is 2.56. The molecule has 0 heterocycles. The fraction of sp³-hybridized carbons (Fsp3) is 0.389. The standard InChI is InChI=1S/C18H22O6/c1-4-10-23-18(9-8-13(22-3)11-16(18)21)24-15-7-5-6-14(20)17(15)12(2)19/h5-9,11,16,20-21H,4,10H2,1-3H3. The summed E-state index contributed by atoms with van der Waals surface area (Å²) >= 11 is 0. The molecule has 1 aliphatic carbocycles. The Labute approximate surface area is 141 Å². The first-order valence-electron chi connectivity index (χ1n) is 7.72. The number of aromatic hydroxyl groups is 1. The zero-order chi connectivity index (χ0) is 17.7. The summed E-state index contributed by atoms with van der Waals surface area (Å²) in [6.45, 7) is 3.60. The molecular formula is C18H22O6. The molecule has 1 aliphatic rings. The Morgan fingerprint density at radius 1 is 1.38 bits per heavy atom. The number of Topliss-reactive ketones (excluding diaryl/α,β-unsaturated/α-hetero) is 1. The molecule has 1 aromatic carbocycles. The SMILES string of the molecule is CCCOC1(Oc2cccc(O)c2C(C)=O)C=CC(OC)=CC1O. The van der Waals surface area contributed by atoms with E-state index in [4.69, 9.17) is 14.2 Å². The lowest BCUT2D eigenvalue weighted by molar-refractivity contribution is -0.195. The van der Waals surface area contributed by atoms with Crippen LogP contribution >= 0.6 is 0 Å². The number of methoxy groups -OCH3 is 1. The van der Waals surface area contributed by atoms with Crippen molar-refractivity contribution in [2.45, 2.75) is 32.2 Å². The molecule has 24 heavy (non-hydrogen) atoms. The summed E-state index contributed by atoms with van der Waals surface area (Å²) in [4.78, 5) is 11.8. The van der Waals surface area contributed by atoms with E-state index in [-0.39, 0.29) is 22.8 Å². The van der Waals surface area contributed by atoms with E-state index in [0.29, 0.717) is 18.8 Å². The first-order chi connectivity index (χ1) is 11.4. The number of allylic oxidation sites excluding steroid dienone is 1. The number of carbonyl (C=O) groups is 1. The average Bonchev–Trinajstić information content (AvgIpc) is 2.55. The van der Waals surface area contributed by atoms with Crippen molar-refractivity contribution in [2.24, 2.45) is 0 Å². The third-order valence-corrected chi connectivity index (χ3v) is 3.61. The molecular weight excluding hydrogens is 312 g/mol. The van der Waals surface area contributed by atoms with Gasteiger partial charge in [0.05, 0.1) is 13.7 Å². The van der Waals surface area contributed by atoms with E-state index in [2.05, 4.69) is 0 Å². The Morgan fingerprint density at radius 3 is 2.71 bits per heavy atom. The number of aliphatic hydroxyl groups is 1. The number of rotatable bonds is 7. The Morgan fingerprint density at radius 2 is 2.12 bits per heavy atom. The molecule has 0 bridgehead atoms. The maximum atomic E-state index is 11.8. The topological polar surface area (TPSA) is 85.2 Å². The molecule has 2 N–H and O–H groups in total. The van der Waals surface area contributed by atoms with Gasteiger partial charge in [0, 0.05) is 0 Å². The van der Waals surface area contributed by atoms with E-state index in [1.54, 1.807) is 24.3 Å². The van der Waals surface area contributed by atoms with Crippen LogP contribution in [0.4, 0.5) is 0 Å². The highest BCUT2D eigenvalue weighted by molar-refractivity contribution is 5.99. The van der Waals surface area contributed by atoms with Crippen molar-refractivity contribution in [3.63, 3.8) is 0 Å². The molecule has 2 atom stereocenters. The summed E-state index contributed by atoms with van der Waals surface area (Å²) in [5.74, 6) is -1.43. The number of aliphatic hydroxyl groups excluding tert-OH is 1.